The van der Waals surface area contributed by atoms with E-state index in [-0.39, 0.29) is 17.9 Å². The second-order valence-corrected chi connectivity index (χ2v) is 9.11. The first-order valence-electron chi connectivity index (χ1n) is 10.5. The van der Waals surface area contributed by atoms with Crippen molar-refractivity contribution < 1.29 is 9.59 Å². The van der Waals surface area contributed by atoms with Gasteiger partial charge >= 0.3 is 0 Å². The Labute approximate surface area is 170 Å². The molecule has 5 heteroatoms. The van der Waals surface area contributed by atoms with Crippen LogP contribution in [0.5, 0.6) is 0 Å². The van der Waals surface area contributed by atoms with Gasteiger partial charge in [0.15, 0.2) is 0 Å². The fourth-order valence-electron chi connectivity index (χ4n) is 3.77. The lowest BCUT2D eigenvalue weighted by atomic mass is 9.99. The van der Waals surface area contributed by atoms with Crippen LogP contribution >= 0.6 is 11.3 Å². The second-order valence-electron chi connectivity index (χ2n) is 7.97. The van der Waals surface area contributed by atoms with E-state index in [1.807, 2.05) is 30.3 Å². The number of hydrogen-bond acceptors (Lipinski definition) is 3. The molecule has 0 radical (unpaired) electrons. The Morgan fingerprint density at radius 2 is 1.79 bits per heavy atom. The van der Waals surface area contributed by atoms with E-state index in [1.54, 1.807) is 11.3 Å². The van der Waals surface area contributed by atoms with Gasteiger partial charge in [-0.25, -0.2) is 0 Å². The number of amides is 2. The molecule has 0 bridgehead atoms. The number of aryl methyl sites for hydroxylation is 2. The molecule has 1 atom stereocenters. The predicted octanol–water partition coefficient (Wildman–Crippen LogP) is 4.03. The zero-order chi connectivity index (χ0) is 19.3. The minimum absolute atomic E-state index is 0.0744. The van der Waals surface area contributed by atoms with Crippen molar-refractivity contribution in [3.05, 3.63) is 57.3 Å². The molecule has 0 spiro atoms. The van der Waals surface area contributed by atoms with E-state index in [0.717, 1.165) is 36.1 Å². The van der Waals surface area contributed by atoms with E-state index in [9.17, 15) is 9.59 Å². The molecule has 4 nitrogen and oxygen atoms in total. The summed E-state index contributed by atoms with van der Waals surface area (Å²) in [5.74, 6) is -0.196. The van der Waals surface area contributed by atoms with Gasteiger partial charge in [0.05, 0.1) is 4.88 Å². The van der Waals surface area contributed by atoms with Crippen LogP contribution in [0.4, 0.5) is 0 Å². The molecule has 28 heavy (non-hydrogen) atoms. The van der Waals surface area contributed by atoms with Gasteiger partial charge in [-0.1, -0.05) is 43.2 Å². The van der Waals surface area contributed by atoms with Crippen molar-refractivity contribution in [2.24, 2.45) is 0 Å². The minimum Gasteiger partial charge on any atom is -0.352 e. The summed E-state index contributed by atoms with van der Waals surface area (Å²) in [6.45, 7) is 0. The Balaban J connectivity index is 1.48. The molecular formula is C23H28N2O2S. The smallest absolute Gasteiger partial charge is 0.262 e. The topological polar surface area (TPSA) is 58.2 Å². The molecule has 148 valence electrons. The van der Waals surface area contributed by atoms with Crippen molar-refractivity contribution in [2.45, 2.75) is 69.9 Å². The summed E-state index contributed by atoms with van der Waals surface area (Å²) in [5.41, 5.74) is 2.38. The number of rotatable bonds is 6. The Morgan fingerprint density at radius 1 is 1.04 bits per heavy atom. The van der Waals surface area contributed by atoms with Gasteiger partial charge in [-0.05, 0) is 55.7 Å². The molecule has 2 aliphatic rings. The highest BCUT2D eigenvalue weighted by Gasteiger charge is 2.29. The summed E-state index contributed by atoms with van der Waals surface area (Å²) in [6, 6.07) is 11.7. The second kappa shape index (κ2) is 8.91. The van der Waals surface area contributed by atoms with Crippen LogP contribution in [-0.2, 0) is 24.1 Å². The highest BCUT2D eigenvalue weighted by molar-refractivity contribution is 7.14. The summed E-state index contributed by atoms with van der Waals surface area (Å²) < 4.78 is 0. The van der Waals surface area contributed by atoms with Crippen LogP contribution in [0.3, 0.4) is 0 Å². The van der Waals surface area contributed by atoms with Gasteiger partial charge < -0.3 is 10.6 Å². The average molecular weight is 397 g/mol. The van der Waals surface area contributed by atoms with Crippen molar-refractivity contribution in [2.75, 3.05) is 0 Å². The number of benzene rings is 1. The minimum atomic E-state index is -0.541. The van der Waals surface area contributed by atoms with Crippen molar-refractivity contribution in [1.82, 2.24) is 10.6 Å². The van der Waals surface area contributed by atoms with Gasteiger partial charge in [0, 0.05) is 17.3 Å². The molecular weight excluding hydrogens is 368 g/mol. The van der Waals surface area contributed by atoms with Gasteiger partial charge in [0.1, 0.15) is 6.04 Å². The number of fused-ring (bicyclic) bond motifs is 1. The van der Waals surface area contributed by atoms with Crippen molar-refractivity contribution >= 4 is 23.2 Å². The van der Waals surface area contributed by atoms with E-state index in [4.69, 9.17) is 0 Å². The van der Waals surface area contributed by atoms with Crippen molar-refractivity contribution in [3.63, 3.8) is 0 Å². The van der Waals surface area contributed by atoms with Crippen LogP contribution < -0.4 is 10.6 Å². The van der Waals surface area contributed by atoms with E-state index in [1.165, 1.54) is 36.1 Å². The zero-order valence-electron chi connectivity index (χ0n) is 16.2. The Bertz CT molecular complexity index is 801. The molecule has 1 fully saturated rings. The van der Waals surface area contributed by atoms with Crippen LogP contribution in [-0.4, -0.2) is 23.9 Å². The quantitative estimate of drug-likeness (QED) is 0.775. The monoisotopic (exact) mass is 396 g/mol. The third-order valence-electron chi connectivity index (χ3n) is 5.55. The molecule has 2 aromatic rings. The average Bonchev–Trinajstić information content (AvgIpc) is 3.41. The van der Waals surface area contributed by atoms with Gasteiger partial charge in [0.25, 0.3) is 5.91 Å². The Kier molecular flexibility index (Phi) is 6.10. The maximum absolute atomic E-state index is 13.0. The fraction of sp³-hybridized carbons (Fsp3) is 0.478. The van der Waals surface area contributed by atoms with Gasteiger partial charge in [0.2, 0.25) is 5.91 Å². The maximum Gasteiger partial charge on any atom is 0.262 e. The molecule has 1 aromatic heterocycles. The Hall–Kier alpha value is -2.14. The molecule has 2 N–H and O–H groups in total. The van der Waals surface area contributed by atoms with Crippen LogP contribution in [0.1, 0.15) is 64.2 Å². The van der Waals surface area contributed by atoms with E-state index in [0.29, 0.717) is 6.42 Å². The van der Waals surface area contributed by atoms with Gasteiger partial charge in [-0.2, -0.15) is 0 Å². The number of hydrogen-bond donors (Lipinski definition) is 2. The highest BCUT2D eigenvalue weighted by Crippen LogP contribution is 2.28. The molecule has 1 heterocycles. The molecule has 1 saturated carbocycles. The standard InChI is InChI=1S/C23H28N2O2S/c26-22(24-18-12-13-18)19(14-16-8-4-3-5-9-16)25-23(27)21-15-17-10-6-1-2-7-11-20(17)28-21/h3-5,8-9,15,18-19H,1-2,6-7,10-14H2,(H,24,26)(H,25,27). The molecule has 4 rings (SSSR count). The molecule has 1 unspecified atom stereocenters. The van der Waals surface area contributed by atoms with Crippen molar-refractivity contribution in [3.8, 4) is 0 Å². The molecule has 0 aliphatic heterocycles. The first-order valence-corrected chi connectivity index (χ1v) is 11.3. The predicted molar refractivity (Wildman–Crippen MR) is 113 cm³/mol. The SMILES string of the molecule is O=C(NC(Cc1ccccc1)C(=O)NC1CC1)c1cc2c(s1)CCCCCC2. The van der Waals surface area contributed by atoms with E-state index >= 15 is 0 Å². The molecule has 2 aliphatic carbocycles. The van der Waals surface area contributed by atoms with E-state index in [2.05, 4.69) is 16.7 Å². The summed E-state index contributed by atoms with van der Waals surface area (Å²) in [7, 11) is 0. The van der Waals surface area contributed by atoms with Crippen LogP contribution in [0, 0.1) is 0 Å². The maximum atomic E-state index is 13.0. The van der Waals surface area contributed by atoms with Crippen LogP contribution in [0.2, 0.25) is 0 Å². The fourth-order valence-corrected chi connectivity index (χ4v) is 4.93. The van der Waals surface area contributed by atoms with Gasteiger partial charge in [-0.15, -0.1) is 11.3 Å². The number of nitrogens with one attached hydrogen (secondary N) is 2. The van der Waals surface area contributed by atoms with Crippen LogP contribution in [0.25, 0.3) is 0 Å². The first kappa shape index (κ1) is 19.2. The van der Waals surface area contributed by atoms with Crippen molar-refractivity contribution in [1.29, 1.82) is 0 Å². The molecule has 0 saturated heterocycles. The Morgan fingerprint density at radius 3 is 2.54 bits per heavy atom. The largest absolute Gasteiger partial charge is 0.352 e. The first-order chi connectivity index (χ1) is 13.7. The summed E-state index contributed by atoms with van der Waals surface area (Å²) in [5, 5.41) is 6.06. The third-order valence-corrected chi connectivity index (χ3v) is 6.78. The zero-order valence-corrected chi connectivity index (χ0v) is 17.0. The summed E-state index contributed by atoms with van der Waals surface area (Å²) >= 11 is 1.61. The van der Waals surface area contributed by atoms with E-state index < -0.39 is 6.04 Å². The summed E-state index contributed by atoms with van der Waals surface area (Å²) in [4.78, 5) is 27.8. The van der Waals surface area contributed by atoms with Crippen LogP contribution in [0.15, 0.2) is 36.4 Å². The number of carbonyl (C=O) groups excluding carboxylic acids is 2. The summed E-state index contributed by atoms with van der Waals surface area (Å²) in [6.07, 6.45) is 9.68. The number of carbonyl (C=O) groups is 2. The third kappa shape index (κ3) is 5.02. The lowest BCUT2D eigenvalue weighted by molar-refractivity contribution is -0.123. The highest BCUT2D eigenvalue weighted by atomic mass is 32.1. The normalized spacial score (nSPS) is 17.7. The lowest BCUT2D eigenvalue weighted by Gasteiger charge is -2.18. The lowest BCUT2D eigenvalue weighted by Crippen LogP contribution is -2.48. The number of thiophene rings is 1. The molecule has 2 amide bonds. The molecule has 1 aromatic carbocycles. The van der Waals surface area contributed by atoms with Gasteiger partial charge in [-0.3, -0.25) is 9.59 Å².